The van der Waals surface area contributed by atoms with Crippen molar-refractivity contribution >= 4 is 67.4 Å². The average molecular weight is 543 g/mol. The molecule has 4 nitrogen and oxygen atoms in total. The van der Waals surface area contributed by atoms with Gasteiger partial charge in [0, 0.05) is 18.6 Å². The van der Waals surface area contributed by atoms with Crippen LogP contribution in [0.4, 0.5) is 0 Å². The predicted octanol–water partition coefficient (Wildman–Crippen LogP) is 5.16. The molecule has 0 aromatic heterocycles. The summed E-state index contributed by atoms with van der Waals surface area (Å²) in [5, 5.41) is 0.713. The van der Waals surface area contributed by atoms with Crippen LogP contribution in [0.5, 0.6) is 5.75 Å². The lowest BCUT2D eigenvalue weighted by molar-refractivity contribution is -0.121. The molecule has 1 aliphatic rings. The molecule has 3 rings (SSSR count). The van der Waals surface area contributed by atoms with Crippen LogP contribution >= 0.6 is 50.3 Å². The number of hydrogen-bond acceptors (Lipinski definition) is 4. The molecule has 1 saturated heterocycles. The van der Waals surface area contributed by atoms with Gasteiger partial charge in [-0.1, -0.05) is 34.1 Å². The fraction of sp³-hybridized carbons (Fsp3) is 0.158. The first-order valence-electron chi connectivity index (χ1n) is 7.79. The highest BCUT2D eigenvalue weighted by Gasteiger charge is 2.29. The molecule has 0 radical (unpaired) electrons. The van der Waals surface area contributed by atoms with Crippen molar-refractivity contribution in [2.75, 3.05) is 14.1 Å². The van der Waals surface area contributed by atoms with Crippen molar-refractivity contribution in [1.82, 2.24) is 4.90 Å². The molecule has 7 heteroatoms. The van der Waals surface area contributed by atoms with Gasteiger partial charge in [0.25, 0.3) is 5.91 Å². The van der Waals surface area contributed by atoms with Crippen molar-refractivity contribution in [2.45, 2.75) is 6.61 Å². The molecule has 26 heavy (non-hydrogen) atoms. The zero-order valence-electron chi connectivity index (χ0n) is 14.2. The molecule has 1 heterocycles. The Morgan fingerprint density at radius 1 is 1.27 bits per heavy atom. The van der Waals surface area contributed by atoms with Gasteiger partial charge in [-0.25, -0.2) is 0 Å². The van der Waals surface area contributed by atoms with Crippen molar-refractivity contribution in [2.24, 2.45) is 4.99 Å². The Morgan fingerprint density at radius 3 is 2.62 bits per heavy atom. The maximum Gasteiger partial charge on any atom is 0.266 e. The van der Waals surface area contributed by atoms with Crippen LogP contribution in [-0.2, 0) is 11.4 Å². The highest BCUT2D eigenvalue weighted by Crippen LogP contribution is 2.32. The van der Waals surface area contributed by atoms with Gasteiger partial charge in [0.2, 0.25) is 0 Å². The first-order valence-corrected chi connectivity index (χ1v) is 10.5. The number of halogens is 2. The molecular formula is C19H16BrIN2O2S. The highest BCUT2D eigenvalue weighted by atomic mass is 127. The Hall–Kier alpha value is -1.32. The standard InChI is InChI=1S/C19H16BrIN2O2S/c1-22-19-23(2)18(24)17(26-19)10-13-5-8-16(15(21)9-13)25-11-12-3-6-14(20)7-4-12/h3-10H,11H2,1-2H3/b17-10-,22-19?. The molecule has 0 atom stereocenters. The van der Waals surface area contributed by atoms with E-state index >= 15 is 0 Å². The number of amides is 1. The number of ether oxygens (including phenoxy) is 1. The van der Waals surface area contributed by atoms with Crippen molar-refractivity contribution in [3.63, 3.8) is 0 Å². The maximum atomic E-state index is 12.2. The number of thioether (sulfide) groups is 1. The van der Waals surface area contributed by atoms with Crippen molar-refractivity contribution in [3.8, 4) is 5.75 Å². The quantitative estimate of drug-likeness (QED) is 0.395. The maximum absolute atomic E-state index is 12.2. The minimum atomic E-state index is -0.0267. The second-order valence-corrected chi connectivity index (χ2v) is 8.67. The molecule has 134 valence electrons. The van der Waals surface area contributed by atoms with E-state index < -0.39 is 0 Å². The van der Waals surface area contributed by atoms with E-state index in [1.807, 2.05) is 48.5 Å². The van der Waals surface area contributed by atoms with E-state index in [-0.39, 0.29) is 5.91 Å². The van der Waals surface area contributed by atoms with Crippen LogP contribution in [0, 0.1) is 3.57 Å². The van der Waals surface area contributed by atoms with Crippen LogP contribution in [-0.4, -0.2) is 30.1 Å². The second-order valence-electron chi connectivity index (χ2n) is 5.59. The average Bonchev–Trinajstić information content (AvgIpc) is 2.90. The molecule has 0 N–H and O–H groups in total. The summed E-state index contributed by atoms with van der Waals surface area (Å²) in [5.74, 6) is 0.801. The summed E-state index contributed by atoms with van der Waals surface area (Å²) in [4.78, 5) is 18.6. The smallest absolute Gasteiger partial charge is 0.266 e. The van der Waals surface area contributed by atoms with Crippen LogP contribution in [0.25, 0.3) is 6.08 Å². The molecule has 0 unspecified atom stereocenters. The fourth-order valence-corrected chi connectivity index (χ4v) is 4.25. The van der Waals surface area contributed by atoms with Crippen molar-refractivity contribution in [3.05, 3.63) is 66.5 Å². The number of carbonyl (C=O) groups is 1. The number of amidine groups is 1. The molecule has 2 aromatic carbocycles. The Morgan fingerprint density at radius 2 is 2.00 bits per heavy atom. The van der Waals surface area contributed by atoms with E-state index in [9.17, 15) is 4.79 Å². The molecular weight excluding hydrogens is 527 g/mol. The van der Waals surface area contributed by atoms with E-state index in [1.54, 1.807) is 19.0 Å². The Bertz CT molecular complexity index is 897. The van der Waals surface area contributed by atoms with E-state index in [0.29, 0.717) is 16.7 Å². The topological polar surface area (TPSA) is 41.9 Å². The summed E-state index contributed by atoms with van der Waals surface area (Å²) in [6.45, 7) is 0.513. The molecule has 1 aliphatic heterocycles. The van der Waals surface area contributed by atoms with E-state index in [4.69, 9.17) is 4.74 Å². The summed E-state index contributed by atoms with van der Waals surface area (Å²) in [5.41, 5.74) is 2.07. The molecule has 2 aromatic rings. The molecule has 0 bridgehead atoms. The molecule has 0 saturated carbocycles. The minimum Gasteiger partial charge on any atom is -0.488 e. The van der Waals surface area contributed by atoms with Crippen LogP contribution in [0.1, 0.15) is 11.1 Å². The molecule has 0 spiro atoms. The van der Waals surface area contributed by atoms with E-state index in [0.717, 1.165) is 24.9 Å². The second kappa shape index (κ2) is 8.58. The normalized spacial score (nSPS) is 17.4. The number of nitrogens with zero attached hydrogens (tertiary/aromatic N) is 2. The number of rotatable bonds is 4. The zero-order valence-corrected chi connectivity index (χ0v) is 18.8. The Balaban J connectivity index is 1.72. The van der Waals surface area contributed by atoms with Crippen LogP contribution in [0.3, 0.4) is 0 Å². The van der Waals surface area contributed by atoms with Gasteiger partial charge in [-0.2, -0.15) is 0 Å². The lowest BCUT2D eigenvalue weighted by Crippen LogP contribution is -2.23. The van der Waals surface area contributed by atoms with Gasteiger partial charge in [-0.05, 0) is 75.8 Å². The van der Waals surface area contributed by atoms with Gasteiger partial charge in [0.15, 0.2) is 5.17 Å². The van der Waals surface area contributed by atoms with Gasteiger partial charge in [-0.3, -0.25) is 14.7 Å². The number of benzene rings is 2. The van der Waals surface area contributed by atoms with Crippen molar-refractivity contribution in [1.29, 1.82) is 0 Å². The van der Waals surface area contributed by atoms with Crippen molar-refractivity contribution < 1.29 is 9.53 Å². The molecule has 1 fully saturated rings. The van der Waals surface area contributed by atoms with Gasteiger partial charge in [0.1, 0.15) is 12.4 Å². The van der Waals surface area contributed by atoms with Crippen LogP contribution in [0.15, 0.2) is 56.8 Å². The lowest BCUT2D eigenvalue weighted by atomic mass is 10.2. The van der Waals surface area contributed by atoms with Gasteiger partial charge < -0.3 is 4.74 Å². The van der Waals surface area contributed by atoms with Crippen LogP contribution < -0.4 is 4.74 Å². The third-order valence-electron chi connectivity index (χ3n) is 3.76. The zero-order chi connectivity index (χ0) is 18.7. The monoisotopic (exact) mass is 542 g/mol. The summed E-state index contributed by atoms with van der Waals surface area (Å²) >= 11 is 7.07. The van der Waals surface area contributed by atoms with Gasteiger partial charge in [0.05, 0.1) is 8.48 Å². The lowest BCUT2D eigenvalue weighted by Gasteiger charge is -2.09. The largest absolute Gasteiger partial charge is 0.488 e. The van der Waals surface area contributed by atoms with Crippen LogP contribution in [0.2, 0.25) is 0 Å². The highest BCUT2D eigenvalue weighted by molar-refractivity contribution is 14.1. The first kappa shape index (κ1) is 19.4. The number of aliphatic imine (C=N–C) groups is 1. The number of carbonyl (C=O) groups excluding carboxylic acids is 1. The summed E-state index contributed by atoms with van der Waals surface area (Å²) < 4.78 is 7.97. The Labute approximate surface area is 179 Å². The predicted molar refractivity (Wildman–Crippen MR) is 119 cm³/mol. The minimum absolute atomic E-state index is 0.0267. The fourth-order valence-electron chi connectivity index (χ4n) is 2.37. The number of likely N-dealkylation sites (N-methyl/N-ethyl adjacent to an activating group) is 1. The first-order chi connectivity index (χ1) is 12.5. The third-order valence-corrected chi connectivity index (χ3v) is 6.28. The van der Waals surface area contributed by atoms with E-state index in [2.05, 4.69) is 43.5 Å². The molecule has 1 amide bonds. The summed E-state index contributed by atoms with van der Waals surface area (Å²) in [6.07, 6.45) is 1.89. The third kappa shape index (κ3) is 4.50. The summed E-state index contributed by atoms with van der Waals surface area (Å²) in [7, 11) is 3.43. The summed E-state index contributed by atoms with van der Waals surface area (Å²) in [6, 6.07) is 14.0. The Kier molecular flexibility index (Phi) is 6.42. The van der Waals surface area contributed by atoms with E-state index in [1.165, 1.54) is 11.8 Å². The van der Waals surface area contributed by atoms with Gasteiger partial charge >= 0.3 is 0 Å². The molecule has 0 aliphatic carbocycles. The number of hydrogen-bond donors (Lipinski definition) is 0. The van der Waals surface area contributed by atoms with Gasteiger partial charge in [-0.15, -0.1) is 0 Å². The SMILES string of the molecule is CN=C1S/C(=C\c2ccc(OCc3ccc(Br)cc3)c(I)c2)C(=O)N1C.